The molecular weight excluding hydrogens is 259 g/mol. The molecule has 0 atom stereocenters. The second-order valence-corrected chi connectivity index (χ2v) is 7.20. The maximum atomic E-state index is 6.20. The quantitative estimate of drug-likeness (QED) is 0.683. The number of hydrogen-bond acceptors (Lipinski definition) is 4. The van der Waals surface area contributed by atoms with E-state index in [-0.39, 0.29) is 0 Å². The van der Waals surface area contributed by atoms with Crippen LogP contribution < -0.4 is 18.4 Å². The molecule has 0 aliphatic carbocycles. The van der Waals surface area contributed by atoms with Gasteiger partial charge in [0.1, 0.15) is 11.4 Å². The number of rotatable bonds is 0. The van der Waals surface area contributed by atoms with Gasteiger partial charge in [0.05, 0.1) is 14.1 Å². The van der Waals surface area contributed by atoms with Gasteiger partial charge >= 0.3 is 8.02 Å². The normalized spacial score (nSPS) is 18.0. The SMILES string of the molecule is CN1c2ccccc2O[P+]12Oc1ccccc1N2C. The van der Waals surface area contributed by atoms with Crippen LogP contribution in [-0.4, -0.2) is 14.1 Å². The van der Waals surface area contributed by atoms with Crippen molar-refractivity contribution in [1.29, 1.82) is 0 Å². The van der Waals surface area contributed by atoms with Crippen LogP contribution in [0, 0.1) is 0 Å². The minimum atomic E-state index is -2.28. The highest BCUT2D eigenvalue weighted by Gasteiger charge is 2.66. The lowest BCUT2D eigenvalue weighted by molar-refractivity contribution is 0.488. The Labute approximate surface area is 112 Å². The Hall–Kier alpha value is -1.93. The van der Waals surface area contributed by atoms with Crippen molar-refractivity contribution in [3.63, 3.8) is 0 Å². The van der Waals surface area contributed by atoms with Crippen LogP contribution in [0.5, 0.6) is 11.5 Å². The largest absolute Gasteiger partial charge is 0.576 e. The van der Waals surface area contributed by atoms with Crippen molar-refractivity contribution in [2.45, 2.75) is 0 Å². The minimum absolute atomic E-state index is 0.887. The van der Waals surface area contributed by atoms with Crippen molar-refractivity contribution in [3.8, 4) is 11.5 Å². The average molecular weight is 273 g/mol. The third-order valence-corrected chi connectivity index (χ3v) is 6.44. The van der Waals surface area contributed by atoms with Crippen LogP contribution >= 0.6 is 8.02 Å². The molecule has 1 spiro atoms. The molecule has 0 N–H and O–H groups in total. The standard InChI is InChI=1S/C14H14N2O2P/c1-15-11-7-3-5-9-13(11)17-19(15)16(2)12-8-4-6-10-14(12)18-19/h3-10H,1-2H3/q+1. The second-order valence-electron chi connectivity index (χ2n) is 4.66. The van der Waals surface area contributed by atoms with Crippen molar-refractivity contribution in [2.75, 3.05) is 23.4 Å². The Balaban J connectivity index is 1.84. The third kappa shape index (κ3) is 1.27. The zero-order chi connectivity index (χ0) is 13.0. The van der Waals surface area contributed by atoms with E-state index in [1.54, 1.807) is 0 Å². The summed E-state index contributed by atoms with van der Waals surface area (Å²) in [4.78, 5) is 0. The van der Waals surface area contributed by atoms with Gasteiger partial charge in [0, 0.05) is 0 Å². The molecule has 0 radical (unpaired) electrons. The van der Waals surface area contributed by atoms with Gasteiger partial charge in [-0.15, -0.1) is 0 Å². The van der Waals surface area contributed by atoms with Crippen molar-refractivity contribution in [2.24, 2.45) is 0 Å². The molecule has 0 bridgehead atoms. The summed E-state index contributed by atoms with van der Waals surface area (Å²) < 4.78 is 16.7. The third-order valence-electron chi connectivity index (χ3n) is 3.62. The predicted molar refractivity (Wildman–Crippen MR) is 77.9 cm³/mol. The van der Waals surface area contributed by atoms with Gasteiger partial charge in [-0.05, 0) is 24.3 Å². The summed E-state index contributed by atoms with van der Waals surface area (Å²) >= 11 is 0. The molecule has 0 aromatic heterocycles. The first-order valence-corrected chi connectivity index (χ1v) is 7.70. The van der Waals surface area contributed by atoms with Crippen LogP contribution in [0.15, 0.2) is 48.5 Å². The molecule has 2 heterocycles. The van der Waals surface area contributed by atoms with Crippen LogP contribution in [0.25, 0.3) is 0 Å². The van der Waals surface area contributed by atoms with E-state index in [0.29, 0.717) is 0 Å². The van der Waals surface area contributed by atoms with Crippen molar-refractivity contribution < 1.29 is 9.05 Å². The van der Waals surface area contributed by atoms with Gasteiger partial charge in [0.2, 0.25) is 11.5 Å². The number of benzene rings is 2. The Morgan fingerprint density at radius 2 is 1.16 bits per heavy atom. The number of hydrogen-bond donors (Lipinski definition) is 0. The minimum Gasteiger partial charge on any atom is -0.262 e. The Kier molecular flexibility index (Phi) is 2.04. The molecule has 2 aromatic carbocycles. The van der Waals surface area contributed by atoms with E-state index >= 15 is 0 Å². The Morgan fingerprint density at radius 1 is 0.737 bits per heavy atom. The predicted octanol–water partition coefficient (Wildman–Crippen LogP) is 3.72. The average Bonchev–Trinajstić information content (AvgIpc) is 2.88. The number of nitrogens with zero attached hydrogens (tertiary/aromatic N) is 2. The first-order valence-electron chi connectivity index (χ1n) is 6.17. The van der Waals surface area contributed by atoms with Gasteiger partial charge in [-0.2, -0.15) is 9.34 Å². The van der Waals surface area contributed by atoms with Crippen LogP contribution in [-0.2, 0) is 0 Å². The van der Waals surface area contributed by atoms with Crippen LogP contribution in [0.3, 0.4) is 0 Å². The lowest BCUT2D eigenvalue weighted by Gasteiger charge is -2.23. The molecule has 0 amide bonds. The van der Waals surface area contributed by atoms with Crippen LogP contribution in [0.2, 0.25) is 0 Å². The van der Waals surface area contributed by atoms with E-state index in [0.717, 1.165) is 22.9 Å². The van der Waals surface area contributed by atoms with Crippen molar-refractivity contribution >= 4 is 19.4 Å². The van der Waals surface area contributed by atoms with E-state index in [9.17, 15) is 0 Å². The second kappa shape index (κ2) is 3.55. The molecule has 2 aromatic rings. The molecule has 4 nitrogen and oxygen atoms in total. The van der Waals surface area contributed by atoms with Gasteiger partial charge in [-0.25, -0.2) is 0 Å². The summed E-state index contributed by atoms with van der Waals surface area (Å²) in [6.45, 7) is 0. The fourth-order valence-corrected chi connectivity index (χ4v) is 5.22. The van der Waals surface area contributed by atoms with Crippen LogP contribution in [0.1, 0.15) is 0 Å². The van der Waals surface area contributed by atoms with Crippen LogP contribution in [0.4, 0.5) is 11.4 Å². The summed E-state index contributed by atoms with van der Waals surface area (Å²) in [7, 11) is 1.78. The molecule has 2 aliphatic heterocycles. The topological polar surface area (TPSA) is 24.9 Å². The fraction of sp³-hybridized carbons (Fsp3) is 0.143. The number of fused-ring (bicyclic) bond motifs is 2. The zero-order valence-corrected chi connectivity index (χ0v) is 11.7. The van der Waals surface area contributed by atoms with E-state index in [2.05, 4.69) is 21.5 Å². The van der Waals surface area contributed by atoms with Gasteiger partial charge in [0.25, 0.3) is 0 Å². The zero-order valence-electron chi connectivity index (χ0n) is 10.8. The molecule has 4 rings (SSSR count). The maximum absolute atomic E-state index is 6.20. The van der Waals surface area contributed by atoms with E-state index in [1.165, 1.54) is 0 Å². The Morgan fingerprint density at radius 3 is 1.58 bits per heavy atom. The first kappa shape index (κ1) is 10.9. The van der Waals surface area contributed by atoms with Crippen molar-refractivity contribution in [1.82, 2.24) is 0 Å². The van der Waals surface area contributed by atoms with Gasteiger partial charge in [-0.1, -0.05) is 24.3 Å². The summed E-state index contributed by atoms with van der Waals surface area (Å²) in [6.07, 6.45) is 0. The summed E-state index contributed by atoms with van der Waals surface area (Å²) in [6, 6.07) is 16.1. The van der Waals surface area contributed by atoms with Gasteiger partial charge in [-0.3, -0.25) is 9.05 Å². The maximum Gasteiger partial charge on any atom is 0.576 e. The molecule has 0 saturated heterocycles. The highest BCUT2D eigenvalue weighted by Crippen LogP contribution is 2.76. The molecule has 5 heteroatoms. The van der Waals surface area contributed by atoms with E-state index < -0.39 is 8.02 Å². The van der Waals surface area contributed by atoms with Gasteiger partial charge in [0.15, 0.2) is 0 Å². The summed E-state index contributed by atoms with van der Waals surface area (Å²) in [5.74, 6) is 1.77. The highest BCUT2D eigenvalue weighted by molar-refractivity contribution is 7.71. The highest BCUT2D eigenvalue weighted by atomic mass is 31.2. The molecule has 19 heavy (non-hydrogen) atoms. The molecule has 96 valence electrons. The fourth-order valence-electron chi connectivity index (χ4n) is 2.60. The van der Waals surface area contributed by atoms with Gasteiger partial charge < -0.3 is 0 Å². The summed E-state index contributed by atoms with van der Waals surface area (Å²) in [5, 5.41) is 0. The lowest BCUT2D eigenvalue weighted by atomic mass is 10.3. The molecule has 0 saturated carbocycles. The molecule has 0 unspecified atom stereocenters. The summed E-state index contributed by atoms with van der Waals surface area (Å²) in [5.41, 5.74) is 2.16. The van der Waals surface area contributed by atoms with E-state index in [1.807, 2.05) is 50.5 Å². The molecule has 0 fully saturated rings. The smallest absolute Gasteiger partial charge is 0.262 e. The number of para-hydroxylation sites is 4. The Bertz CT molecular complexity index is 604. The molecular formula is C14H14N2O2P+. The van der Waals surface area contributed by atoms with E-state index in [4.69, 9.17) is 9.05 Å². The molecule has 2 aliphatic rings. The van der Waals surface area contributed by atoms with Crippen molar-refractivity contribution in [3.05, 3.63) is 48.5 Å². The monoisotopic (exact) mass is 273 g/mol. The first-order chi connectivity index (χ1) is 9.22. The lowest BCUT2D eigenvalue weighted by Crippen LogP contribution is -2.30. The number of anilines is 2.